The molecule has 0 saturated carbocycles. The van der Waals surface area contributed by atoms with Crippen LogP contribution in [0.15, 0.2) is 24.3 Å². The van der Waals surface area contributed by atoms with Crippen molar-refractivity contribution in [3.8, 4) is 5.75 Å². The molecule has 1 rings (SSSR count). The molecule has 0 aromatic heterocycles. The van der Waals surface area contributed by atoms with Gasteiger partial charge in [0.15, 0.2) is 0 Å². The fourth-order valence-electron chi connectivity index (χ4n) is 1.63. The van der Waals surface area contributed by atoms with Gasteiger partial charge in [-0.2, -0.15) is 0 Å². The predicted molar refractivity (Wildman–Crippen MR) is 79.6 cm³/mol. The van der Waals surface area contributed by atoms with Gasteiger partial charge in [-0.3, -0.25) is 9.59 Å². The number of carboxylic acid groups (broad SMARTS) is 1. The number of aliphatic carboxylic acids is 1. The second-order valence-corrected chi connectivity index (χ2v) is 4.90. The zero-order chi connectivity index (χ0) is 16.5. The molecule has 1 atom stereocenters. The molecule has 4 N–H and O–H groups in total. The van der Waals surface area contributed by atoms with Gasteiger partial charge in [-0.15, -0.1) is 0 Å². The van der Waals surface area contributed by atoms with Gasteiger partial charge in [-0.1, -0.05) is 23.7 Å². The van der Waals surface area contributed by atoms with Crippen LogP contribution in [-0.4, -0.2) is 35.5 Å². The van der Waals surface area contributed by atoms with Gasteiger partial charge < -0.3 is 20.9 Å². The summed E-state index contributed by atoms with van der Waals surface area (Å²) in [6, 6.07) is 5.65. The highest BCUT2D eigenvalue weighted by molar-refractivity contribution is 6.32. The number of primary amides is 1. The Kier molecular flexibility index (Phi) is 7.18. The van der Waals surface area contributed by atoms with Gasteiger partial charge in [0, 0.05) is 6.42 Å². The van der Waals surface area contributed by atoms with Crippen molar-refractivity contribution in [2.75, 3.05) is 6.61 Å². The molecule has 0 aliphatic heterocycles. The van der Waals surface area contributed by atoms with E-state index in [0.717, 1.165) is 0 Å². The molecule has 1 aromatic carbocycles. The molecule has 0 saturated heterocycles. The van der Waals surface area contributed by atoms with E-state index in [-0.39, 0.29) is 25.9 Å². The number of ether oxygens (including phenoxy) is 1. The second-order valence-electron chi connectivity index (χ2n) is 4.49. The van der Waals surface area contributed by atoms with Gasteiger partial charge in [0.25, 0.3) is 0 Å². The third-order valence-electron chi connectivity index (χ3n) is 2.74. The average molecular weight is 329 g/mol. The molecule has 0 heterocycles. The Bertz CT molecular complexity index is 550. The van der Waals surface area contributed by atoms with E-state index < -0.39 is 23.8 Å². The molecular weight excluding hydrogens is 312 g/mol. The molecule has 0 aliphatic carbocycles. The first-order chi connectivity index (χ1) is 10.4. The summed E-state index contributed by atoms with van der Waals surface area (Å²) in [5.41, 5.74) is 4.95. The van der Waals surface area contributed by atoms with E-state index in [1.165, 1.54) is 0 Å². The van der Waals surface area contributed by atoms with Crippen molar-refractivity contribution in [3.05, 3.63) is 29.3 Å². The van der Waals surface area contributed by atoms with E-state index in [2.05, 4.69) is 5.32 Å². The fraction of sp³-hybridized carbons (Fsp3) is 0.357. The topological polar surface area (TPSA) is 119 Å². The number of rotatable bonds is 9. The zero-order valence-electron chi connectivity index (χ0n) is 11.8. The molecule has 0 spiro atoms. The summed E-state index contributed by atoms with van der Waals surface area (Å²) in [7, 11) is 0. The van der Waals surface area contributed by atoms with E-state index in [1.807, 2.05) is 0 Å². The summed E-state index contributed by atoms with van der Waals surface area (Å²) in [5.74, 6) is -1.89. The summed E-state index contributed by atoms with van der Waals surface area (Å²) in [6.45, 7) is 0.0533. The molecular formula is C14H17ClN2O5. The SMILES string of the molecule is NC(=O)CCC(NC(=O)CCOc1ccccc1Cl)C(=O)O. The van der Waals surface area contributed by atoms with Crippen LogP contribution in [0, 0.1) is 0 Å². The van der Waals surface area contributed by atoms with Gasteiger partial charge in [-0.05, 0) is 18.6 Å². The van der Waals surface area contributed by atoms with Crippen molar-refractivity contribution in [2.24, 2.45) is 5.73 Å². The van der Waals surface area contributed by atoms with Gasteiger partial charge in [0.2, 0.25) is 11.8 Å². The van der Waals surface area contributed by atoms with E-state index >= 15 is 0 Å². The first-order valence-corrected chi connectivity index (χ1v) is 6.95. The van der Waals surface area contributed by atoms with Gasteiger partial charge in [0.05, 0.1) is 18.1 Å². The van der Waals surface area contributed by atoms with Crippen molar-refractivity contribution in [1.82, 2.24) is 5.32 Å². The average Bonchev–Trinajstić information content (AvgIpc) is 2.45. The van der Waals surface area contributed by atoms with E-state index in [4.69, 9.17) is 27.2 Å². The number of carbonyl (C=O) groups is 3. The quantitative estimate of drug-likeness (QED) is 0.623. The number of nitrogens with two attached hydrogens (primary N) is 1. The first-order valence-electron chi connectivity index (χ1n) is 6.58. The largest absolute Gasteiger partial charge is 0.491 e. The number of amides is 2. The van der Waals surface area contributed by atoms with Crippen LogP contribution in [-0.2, 0) is 14.4 Å². The monoisotopic (exact) mass is 328 g/mol. The summed E-state index contributed by atoms with van der Waals surface area (Å²) in [6.07, 6.45) is -0.208. The molecule has 0 bridgehead atoms. The number of carbonyl (C=O) groups excluding carboxylic acids is 2. The number of benzene rings is 1. The maximum Gasteiger partial charge on any atom is 0.326 e. The van der Waals surface area contributed by atoms with Crippen LogP contribution in [0.3, 0.4) is 0 Å². The minimum atomic E-state index is -1.22. The molecule has 8 heteroatoms. The number of halogens is 1. The van der Waals surface area contributed by atoms with Crippen LogP contribution in [0.5, 0.6) is 5.75 Å². The first kappa shape index (κ1) is 17.8. The highest BCUT2D eigenvalue weighted by Crippen LogP contribution is 2.22. The van der Waals surface area contributed by atoms with E-state index in [0.29, 0.717) is 10.8 Å². The Balaban J connectivity index is 2.39. The minimum absolute atomic E-state index is 0.0361. The normalized spacial score (nSPS) is 11.5. The number of hydrogen-bond donors (Lipinski definition) is 3. The number of carboxylic acids is 1. The smallest absolute Gasteiger partial charge is 0.326 e. The minimum Gasteiger partial charge on any atom is -0.491 e. The third kappa shape index (κ3) is 6.45. The highest BCUT2D eigenvalue weighted by atomic mass is 35.5. The molecule has 2 amide bonds. The molecule has 1 unspecified atom stereocenters. The molecule has 7 nitrogen and oxygen atoms in total. The summed E-state index contributed by atoms with van der Waals surface area (Å²) >= 11 is 5.89. The molecule has 22 heavy (non-hydrogen) atoms. The number of nitrogens with one attached hydrogen (secondary N) is 1. The van der Waals surface area contributed by atoms with Crippen LogP contribution in [0.25, 0.3) is 0 Å². The van der Waals surface area contributed by atoms with E-state index in [1.54, 1.807) is 24.3 Å². The van der Waals surface area contributed by atoms with Gasteiger partial charge in [0.1, 0.15) is 11.8 Å². The van der Waals surface area contributed by atoms with Gasteiger partial charge >= 0.3 is 5.97 Å². The standard InChI is InChI=1S/C14H17ClN2O5/c15-9-3-1-2-4-11(9)22-8-7-13(19)17-10(14(20)21)5-6-12(16)18/h1-4,10H,5-8H2,(H2,16,18)(H,17,19)(H,20,21). The maximum atomic E-state index is 11.7. The van der Waals surface area contributed by atoms with Crippen molar-refractivity contribution in [2.45, 2.75) is 25.3 Å². The Morgan fingerprint density at radius 3 is 2.55 bits per heavy atom. The van der Waals surface area contributed by atoms with Gasteiger partial charge in [-0.25, -0.2) is 4.79 Å². The number of hydrogen-bond acceptors (Lipinski definition) is 4. The lowest BCUT2D eigenvalue weighted by Gasteiger charge is -2.14. The van der Waals surface area contributed by atoms with Crippen molar-refractivity contribution < 1.29 is 24.2 Å². The fourth-order valence-corrected chi connectivity index (χ4v) is 1.82. The molecule has 1 aromatic rings. The van der Waals surface area contributed by atoms with E-state index in [9.17, 15) is 14.4 Å². The van der Waals surface area contributed by atoms with Crippen LogP contribution >= 0.6 is 11.6 Å². The maximum absolute atomic E-state index is 11.7. The van der Waals surface area contributed by atoms with Crippen LogP contribution < -0.4 is 15.8 Å². The molecule has 0 aliphatic rings. The summed E-state index contributed by atoms with van der Waals surface area (Å²) < 4.78 is 5.33. The lowest BCUT2D eigenvalue weighted by molar-refractivity contribution is -0.142. The zero-order valence-corrected chi connectivity index (χ0v) is 12.5. The molecule has 0 fully saturated rings. The Labute approximate surface area is 132 Å². The summed E-state index contributed by atoms with van der Waals surface area (Å²) in [4.78, 5) is 33.3. The molecule has 120 valence electrons. The second kappa shape index (κ2) is 8.89. The van der Waals surface area contributed by atoms with Crippen LogP contribution in [0.1, 0.15) is 19.3 Å². The Morgan fingerprint density at radius 1 is 1.27 bits per heavy atom. The van der Waals surface area contributed by atoms with Crippen molar-refractivity contribution in [1.29, 1.82) is 0 Å². The van der Waals surface area contributed by atoms with Crippen LogP contribution in [0.2, 0.25) is 5.02 Å². The van der Waals surface area contributed by atoms with Crippen molar-refractivity contribution >= 4 is 29.4 Å². The lowest BCUT2D eigenvalue weighted by atomic mass is 10.1. The van der Waals surface area contributed by atoms with Crippen LogP contribution in [0.4, 0.5) is 0 Å². The van der Waals surface area contributed by atoms with Crippen molar-refractivity contribution in [3.63, 3.8) is 0 Å². The Hall–Kier alpha value is -2.28. The summed E-state index contributed by atoms with van der Waals surface area (Å²) in [5, 5.41) is 11.7. The highest BCUT2D eigenvalue weighted by Gasteiger charge is 2.20. The molecule has 0 radical (unpaired) electrons. The number of para-hydroxylation sites is 1. The lowest BCUT2D eigenvalue weighted by Crippen LogP contribution is -2.41. The predicted octanol–water partition coefficient (Wildman–Crippen LogP) is 0.944. The third-order valence-corrected chi connectivity index (χ3v) is 3.05. The Morgan fingerprint density at radius 2 is 1.95 bits per heavy atom.